The number of rotatable bonds is 9. The number of thiazole rings is 1. The second-order valence-corrected chi connectivity index (χ2v) is 10.3. The second kappa shape index (κ2) is 12.2. The number of fused-ring (bicyclic) bond motifs is 1. The molecule has 0 N–H and O–H groups in total. The minimum atomic E-state index is -0.793. The smallest absolute Gasteiger partial charge is 0.338 e. The molecular weight excluding hydrogens is 558 g/mol. The predicted molar refractivity (Wildman–Crippen MR) is 158 cm³/mol. The van der Waals surface area contributed by atoms with E-state index >= 15 is 0 Å². The van der Waals surface area contributed by atoms with Crippen LogP contribution in [0.3, 0.4) is 0 Å². The summed E-state index contributed by atoms with van der Waals surface area (Å²) in [6.07, 6.45) is 1.47. The van der Waals surface area contributed by atoms with Gasteiger partial charge in [0.15, 0.2) is 16.3 Å². The summed E-state index contributed by atoms with van der Waals surface area (Å²) >= 11 is 1.09. The van der Waals surface area contributed by atoms with Crippen molar-refractivity contribution in [2.24, 2.45) is 4.99 Å². The Hall–Kier alpha value is -5.03. The van der Waals surface area contributed by atoms with Gasteiger partial charge >= 0.3 is 5.97 Å². The third kappa shape index (κ3) is 5.59. The lowest BCUT2D eigenvalue weighted by Gasteiger charge is -2.23. The summed E-state index contributed by atoms with van der Waals surface area (Å²) in [5.41, 5.74) is 1.95. The van der Waals surface area contributed by atoms with Crippen LogP contribution in [0.4, 0.5) is 5.69 Å². The standard InChI is InChI=1S/C31H27N3O7S/c1-4-40-30(36)27-19(2)33-29(35)26(17-21-12-8-9-13-23(21)34(37)38)42-31(33)32-28(27)22-14-15-24(25(16-22)39-3)41-18-20-10-6-5-7-11-20/h5-17,28H,4,18H2,1-3H3/b26-17-/t28-/m1/s1. The number of nitro groups is 1. The number of methoxy groups -OCH3 is 1. The molecule has 4 aromatic rings. The van der Waals surface area contributed by atoms with Gasteiger partial charge in [-0.05, 0) is 49.2 Å². The molecule has 1 aliphatic heterocycles. The van der Waals surface area contributed by atoms with Gasteiger partial charge in [-0.15, -0.1) is 0 Å². The molecule has 0 fully saturated rings. The van der Waals surface area contributed by atoms with E-state index in [9.17, 15) is 19.7 Å². The normalized spacial score (nSPS) is 14.6. The van der Waals surface area contributed by atoms with Crippen LogP contribution in [0.15, 0.2) is 88.2 Å². The second-order valence-electron chi connectivity index (χ2n) is 9.29. The molecule has 214 valence electrons. The van der Waals surface area contributed by atoms with Crippen molar-refractivity contribution in [3.63, 3.8) is 0 Å². The Labute approximate surface area is 244 Å². The van der Waals surface area contributed by atoms with Crippen molar-refractivity contribution < 1.29 is 23.9 Å². The number of para-hydroxylation sites is 1. The van der Waals surface area contributed by atoms with Gasteiger partial charge < -0.3 is 14.2 Å². The van der Waals surface area contributed by atoms with Crippen LogP contribution >= 0.6 is 11.3 Å². The molecule has 0 radical (unpaired) electrons. The highest BCUT2D eigenvalue weighted by atomic mass is 32.1. The molecule has 3 aromatic carbocycles. The molecule has 5 rings (SSSR count). The minimum absolute atomic E-state index is 0.121. The molecule has 0 unspecified atom stereocenters. The van der Waals surface area contributed by atoms with Crippen molar-refractivity contribution in [2.45, 2.75) is 26.5 Å². The van der Waals surface area contributed by atoms with E-state index in [0.29, 0.717) is 39.7 Å². The molecule has 0 aliphatic carbocycles. The van der Waals surface area contributed by atoms with Crippen LogP contribution in [-0.4, -0.2) is 29.2 Å². The van der Waals surface area contributed by atoms with Gasteiger partial charge in [0.25, 0.3) is 11.2 Å². The molecule has 0 saturated carbocycles. The van der Waals surface area contributed by atoms with Crippen LogP contribution in [0, 0.1) is 10.1 Å². The molecule has 0 bridgehead atoms. The molecule has 1 atom stereocenters. The number of benzene rings is 3. The zero-order valence-corrected chi connectivity index (χ0v) is 23.9. The number of carbonyl (C=O) groups is 1. The predicted octanol–water partition coefficient (Wildman–Crippen LogP) is 4.40. The van der Waals surface area contributed by atoms with E-state index in [1.807, 2.05) is 30.3 Å². The average molecular weight is 586 g/mol. The molecule has 1 aliphatic rings. The highest BCUT2D eigenvalue weighted by molar-refractivity contribution is 7.07. The Morgan fingerprint density at radius 3 is 2.55 bits per heavy atom. The zero-order valence-electron chi connectivity index (χ0n) is 23.1. The summed E-state index contributed by atoms with van der Waals surface area (Å²) in [6, 6.07) is 20.4. The van der Waals surface area contributed by atoms with Gasteiger partial charge in [0.05, 0.1) is 34.3 Å². The summed E-state index contributed by atoms with van der Waals surface area (Å²) in [6.45, 7) is 3.85. The molecule has 10 nitrogen and oxygen atoms in total. The lowest BCUT2D eigenvalue weighted by molar-refractivity contribution is -0.385. The van der Waals surface area contributed by atoms with Gasteiger partial charge in [0.2, 0.25) is 0 Å². The summed E-state index contributed by atoms with van der Waals surface area (Å²) in [5.74, 6) is 0.382. The van der Waals surface area contributed by atoms with Gasteiger partial charge in [0.1, 0.15) is 12.6 Å². The van der Waals surface area contributed by atoms with Gasteiger partial charge in [-0.2, -0.15) is 0 Å². The van der Waals surface area contributed by atoms with Gasteiger partial charge in [-0.3, -0.25) is 19.5 Å². The van der Waals surface area contributed by atoms with Crippen LogP contribution in [0.2, 0.25) is 0 Å². The fourth-order valence-electron chi connectivity index (χ4n) is 4.68. The first kappa shape index (κ1) is 28.5. The van der Waals surface area contributed by atoms with Crippen LogP contribution < -0.4 is 24.4 Å². The molecule has 0 saturated heterocycles. The summed E-state index contributed by atoms with van der Waals surface area (Å²) < 4.78 is 18.6. The number of allylic oxidation sites excluding steroid dienone is 1. The van der Waals surface area contributed by atoms with E-state index in [4.69, 9.17) is 19.2 Å². The van der Waals surface area contributed by atoms with Gasteiger partial charge in [-0.1, -0.05) is 59.9 Å². The number of hydrogen-bond acceptors (Lipinski definition) is 9. The maximum Gasteiger partial charge on any atom is 0.338 e. The number of nitro benzene ring substituents is 1. The molecule has 2 heterocycles. The molecule has 11 heteroatoms. The van der Waals surface area contributed by atoms with E-state index < -0.39 is 22.5 Å². The number of hydrogen-bond donors (Lipinski definition) is 0. The van der Waals surface area contributed by atoms with Crippen molar-refractivity contribution in [1.82, 2.24) is 4.57 Å². The molecule has 0 spiro atoms. The van der Waals surface area contributed by atoms with Crippen molar-refractivity contribution in [3.8, 4) is 11.5 Å². The Morgan fingerprint density at radius 2 is 1.83 bits per heavy atom. The maximum absolute atomic E-state index is 13.5. The first-order chi connectivity index (χ1) is 20.3. The van der Waals surface area contributed by atoms with Crippen LogP contribution in [0.25, 0.3) is 11.8 Å². The SMILES string of the molecule is CCOC(=O)C1=C(C)n2c(s/c(=C\c3ccccc3[N+](=O)[O-])c2=O)=N[C@@H]1c1ccc(OCc2ccccc2)c(OC)c1. The number of carbonyl (C=O) groups excluding carboxylic acids is 1. The first-order valence-corrected chi connectivity index (χ1v) is 13.9. The molecule has 42 heavy (non-hydrogen) atoms. The van der Waals surface area contributed by atoms with Crippen LogP contribution in [0.1, 0.15) is 36.6 Å². The lowest BCUT2D eigenvalue weighted by Crippen LogP contribution is -2.35. The highest BCUT2D eigenvalue weighted by Gasteiger charge is 2.32. The van der Waals surface area contributed by atoms with Crippen LogP contribution in [0.5, 0.6) is 11.5 Å². The van der Waals surface area contributed by atoms with Gasteiger partial charge in [-0.25, -0.2) is 9.79 Å². The number of esters is 1. The first-order valence-electron chi connectivity index (χ1n) is 13.1. The van der Waals surface area contributed by atoms with E-state index in [-0.39, 0.29) is 22.4 Å². The zero-order chi connectivity index (χ0) is 29.8. The Balaban J connectivity index is 1.61. The van der Waals surface area contributed by atoms with Crippen molar-refractivity contribution in [2.75, 3.05) is 13.7 Å². The molecule has 0 amide bonds. The fourth-order valence-corrected chi connectivity index (χ4v) is 5.71. The monoisotopic (exact) mass is 585 g/mol. The van der Waals surface area contributed by atoms with Crippen molar-refractivity contribution in [3.05, 3.63) is 125 Å². The van der Waals surface area contributed by atoms with E-state index in [1.165, 1.54) is 23.8 Å². The van der Waals surface area contributed by atoms with E-state index in [0.717, 1.165) is 16.9 Å². The third-order valence-corrected chi connectivity index (χ3v) is 7.68. The highest BCUT2D eigenvalue weighted by Crippen LogP contribution is 2.37. The topological polar surface area (TPSA) is 122 Å². The summed E-state index contributed by atoms with van der Waals surface area (Å²) in [5, 5.41) is 11.5. The summed E-state index contributed by atoms with van der Waals surface area (Å²) in [7, 11) is 1.53. The van der Waals surface area contributed by atoms with Gasteiger partial charge in [0, 0.05) is 11.8 Å². The number of nitrogens with zero attached hydrogens (tertiary/aromatic N) is 3. The van der Waals surface area contributed by atoms with E-state index in [2.05, 4.69) is 0 Å². The van der Waals surface area contributed by atoms with Crippen molar-refractivity contribution in [1.29, 1.82) is 0 Å². The van der Waals surface area contributed by atoms with Crippen molar-refractivity contribution >= 4 is 34.8 Å². The number of ether oxygens (including phenoxy) is 3. The Kier molecular flexibility index (Phi) is 8.30. The Bertz CT molecular complexity index is 1880. The number of aromatic nitrogens is 1. The molecule has 1 aromatic heterocycles. The van der Waals surface area contributed by atoms with E-state index in [1.54, 1.807) is 50.2 Å². The largest absolute Gasteiger partial charge is 0.493 e. The third-order valence-electron chi connectivity index (χ3n) is 6.70. The maximum atomic E-state index is 13.5. The quantitative estimate of drug-likeness (QED) is 0.162. The lowest BCUT2D eigenvalue weighted by atomic mass is 9.96. The average Bonchev–Trinajstić information content (AvgIpc) is 3.31. The minimum Gasteiger partial charge on any atom is -0.493 e. The molecular formula is C31H27N3O7S. The Morgan fingerprint density at radius 1 is 1.10 bits per heavy atom. The fraction of sp³-hybridized carbons (Fsp3) is 0.194. The summed E-state index contributed by atoms with van der Waals surface area (Å²) in [4.78, 5) is 42.9. The van der Waals surface area contributed by atoms with Crippen LogP contribution in [-0.2, 0) is 16.1 Å².